The maximum absolute atomic E-state index is 4.21. The first kappa shape index (κ1) is 16.0. The van der Waals surface area contributed by atoms with Crippen molar-refractivity contribution >= 4 is 17.3 Å². The van der Waals surface area contributed by atoms with E-state index >= 15 is 0 Å². The summed E-state index contributed by atoms with van der Waals surface area (Å²) < 4.78 is 0. The first-order valence-corrected chi connectivity index (χ1v) is 7.61. The molecule has 0 aliphatic heterocycles. The van der Waals surface area contributed by atoms with Gasteiger partial charge in [-0.2, -0.15) is 0 Å². The molecule has 0 bridgehead atoms. The largest absolute Gasteiger partial charge is 0.356 e. The van der Waals surface area contributed by atoms with Gasteiger partial charge in [0.1, 0.15) is 0 Å². The van der Waals surface area contributed by atoms with E-state index in [1.165, 1.54) is 4.88 Å². The fraction of sp³-hybridized carbons (Fsp3) is 0.643. The van der Waals surface area contributed by atoms with Gasteiger partial charge in [-0.3, -0.25) is 4.99 Å². The van der Waals surface area contributed by atoms with Crippen molar-refractivity contribution in [2.75, 3.05) is 26.7 Å². The second-order valence-electron chi connectivity index (χ2n) is 5.43. The maximum atomic E-state index is 4.21. The van der Waals surface area contributed by atoms with E-state index in [0.717, 1.165) is 32.0 Å². The lowest BCUT2D eigenvalue weighted by atomic mass is 10.1. The van der Waals surface area contributed by atoms with Gasteiger partial charge in [-0.05, 0) is 38.6 Å². The zero-order valence-electron chi connectivity index (χ0n) is 12.4. The molecule has 0 aliphatic rings. The fourth-order valence-corrected chi connectivity index (χ4v) is 2.31. The number of nitrogens with zero attached hydrogens (tertiary/aromatic N) is 1. The fourth-order valence-electron chi connectivity index (χ4n) is 1.60. The maximum Gasteiger partial charge on any atom is 0.191 e. The van der Waals surface area contributed by atoms with E-state index in [1.54, 1.807) is 18.4 Å². The van der Waals surface area contributed by atoms with Gasteiger partial charge in [0, 0.05) is 37.1 Å². The van der Waals surface area contributed by atoms with Crippen LogP contribution in [0, 0.1) is 0 Å². The van der Waals surface area contributed by atoms with Crippen molar-refractivity contribution in [1.82, 2.24) is 16.0 Å². The molecule has 1 heterocycles. The molecule has 0 atom stereocenters. The highest BCUT2D eigenvalue weighted by Gasteiger charge is 2.07. The minimum atomic E-state index is 0.164. The molecule has 0 saturated carbocycles. The van der Waals surface area contributed by atoms with Gasteiger partial charge in [-0.25, -0.2) is 0 Å². The Hall–Kier alpha value is -1.07. The molecule has 0 saturated heterocycles. The van der Waals surface area contributed by atoms with Gasteiger partial charge in [0.25, 0.3) is 0 Å². The molecule has 0 amide bonds. The van der Waals surface area contributed by atoms with E-state index in [1.807, 2.05) is 0 Å². The molecule has 1 rings (SSSR count). The van der Waals surface area contributed by atoms with Crippen LogP contribution in [0.15, 0.2) is 22.5 Å². The molecular formula is C14H26N4S. The molecule has 1 aromatic rings. The highest BCUT2D eigenvalue weighted by atomic mass is 32.1. The Morgan fingerprint density at radius 2 is 1.95 bits per heavy atom. The summed E-state index contributed by atoms with van der Waals surface area (Å²) in [6, 6.07) is 4.25. The number of hydrogen-bond donors (Lipinski definition) is 3. The molecule has 3 N–H and O–H groups in total. The van der Waals surface area contributed by atoms with Crippen LogP contribution in [0.5, 0.6) is 0 Å². The number of rotatable bonds is 6. The smallest absolute Gasteiger partial charge is 0.191 e. The van der Waals surface area contributed by atoms with Crippen LogP contribution in [0.2, 0.25) is 0 Å². The van der Waals surface area contributed by atoms with Crippen molar-refractivity contribution in [3.63, 3.8) is 0 Å². The highest BCUT2D eigenvalue weighted by Crippen LogP contribution is 2.07. The normalized spacial score (nSPS) is 12.5. The number of thiophene rings is 1. The molecule has 0 unspecified atom stereocenters. The predicted molar refractivity (Wildman–Crippen MR) is 85.1 cm³/mol. The van der Waals surface area contributed by atoms with Crippen LogP contribution in [-0.2, 0) is 6.42 Å². The van der Waals surface area contributed by atoms with Crippen LogP contribution in [0.4, 0.5) is 0 Å². The number of aliphatic imine (C=N–C) groups is 1. The Labute approximate surface area is 120 Å². The first-order valence-electron chi connectivity index (χ1n) is 6.73. The Morgan fingerprint density at radius 3 is 2.53 bits per heavy atom. The minimum Gasteiger partial charge on any atom is -0.356 e. The Bertz CT molecular complexity index is 365. The van der Waals surface area contributed by atoms with Crippen molar-refractivity contribution in [1.29, 1.82) is 0 Å². The van der Waals surface area contributed by atoms with Crippen molar-refractivity contribution in [3.05, 3.63) is 22.4 Å². The lowest BCUT2D eigenvalue weighted by Gasteiger charge is -2.21. The monoisotopic (exact) mass is 282 g/mol. The summed E-state index contributed by atoms with van der Waals surface area (Å²) in [7, 11) is 1.80. The van der Waals surface area contributed by atoms with E-state index in [4.69, 9.17) is 0 Å². The van der Waals surface area contributed by atoms with Crippen molar-refractivity contribution in [3.8, 4) is 0 Å². The van der Waals surface area contributed by atoms with E-state index in [0.29, 0.717) is 0 Å². The van der Waals surface area contributed by atoms with Gasteiger partial charge >= 0.3 is 0 Å². The lowest BCUT2D eigenvalue weighted by Crippen LogP contribution is -2.44. The number of hydrogen-bond acceptors (Lipinski definition) is 3. The molecule has 5 heteroatoms. The van der Waals surface area contributed by atoms with E-state index in [2.05, 4.69) is 59.2 Å². The van der Waals surface area contributed by atoms with Gasteiger partial charge in [0.05, 0.1) is 0 Å². The van der Waals surface area contributed by atoms with Crippen LogP contribution in [0.1, 0.15) is 25.6 Å². The standard InChI is InChI=1S/C14H26N4S/c1-14(2,3)18-10-9-17-13(15-4)16-8-7-12-6-5-11-19-12/h5-6,11,18H,7-10H2,1-4H3,(H2,15,16,17). The number of nitrogens with one attached hydrogen (secondary N) is 3. The Balaban J connectivity index is 2.13. The molecule has 0 radical (unpaired) electrons. The molecule has 0 aromatic carbocycles. The first-order chi connectivity index (χ1) is 9.01. The van der Waals surface area contributed by atoms with Gasteiger partial charge in [0.2, 0.25) is 0 Å². The SMILES string of the molecule is CN=C(NCCNC(C)(C)C)NCCc1cccs1. The van der Waals surface area contributed by atoms with Crippen LogP contribution < -0.4 is 16.0 Å². The van der Waals surface area contributed by atoms with Crippen LogP contribution in [0.25, 0.3) is 0 Å². The second-order valence-corrected chi connectivity index (χ2v) is 6.46. The summed E-state index contributed by atoms with van der Waals surface area (Å²) in [6.07, 6.45) is 1.04. The second kappa shape index (κ2) is 8.17. The van der Waals surface area contributed by atoms with E-state index < -0.39 is 0 Å². The van der Waals surface area contributed by atoms with Crippen molar-refractivity contribution < 1.29 is 0 Å². The summed E-state index contributed by atoms with van der Waals surface area (Å²) in [6.45, 7) is 9.21. The highest BCUT2D eigenvalue weighted by molar-refractivity contribution is 7.09. The third-order valence-corrected chi connectivity index (χ3v) is 3.48. The molecule has 4 nitrogen and oxygen atoms in total. The average Bonchev–Trinajstić information content (AvgIpc) is 2.84. The summed E-state index contributed by atoms with van der Waals surface area (Å²) in [5.74, 6) is 0.868. The summed E-state index contributed by atoms with van der Waals surface area (Å²) in [4.78, 5) is 5.61. The predicted octanol–water partition coefficient (Wildman–Crippen LogP) is 1.84. The molecule has 0 aliphatic carbocycles. The molecule has 1 aromatic heterocycles. The van der Waals surface area contributed by atoms with Crippen LogP contribution in [0.3, 0.4) is 0 Å². The number of guanidine groups is 1. The molecule has 0 spiro atoms. The lowest BCUT2D eigenvalue weighted by molar-refractivity contribution is 0.428. The molecule has 108 valence electrons. The van der Waals surface area contributed by atoms with E-state index in [9.17, 15) is 0 Å². The Morgan fingerprint density at radius 1 is 1.21 bits per heavy atom. The average molecular weight is 282 g/mol. The quantitative estimate of drug-likeness (QED) is 0.424. The molecule has 0 fully saturated rings. The molecular weight excluding hydrogens is 256 g/mol. The van der Waals surface area contributed by atoms with Crippen LogP contribution in [-0.4, -0.2) is 38.2 Å². The third-order valence-electron chi connectivity index (χ3n) is 2.54. The van der Waals surface area contributed by atoms with Gasteiger partial charge in [-0.1, -0.05) is 6.07 Å². The topological polar surface area (TPSA) is 48.5 Å². The zero-order chi connectivity index (χ0) is 14.1. The van der Waals surface area contributed by atoms with Crippen LogP contribution >= 0.6 is 11.3 Å². The van der Waals surface area contributed by atoms with E-state index in [-0.39, 0.29) is 5.54 Å². The van der Waals surface area contributed by atoms with Crippen molar-refractivity contribution in [2.45, 2.75) is 32.7 Å². The Kier molecular flexibility index (Phi) is 6.87. The summed E-state index contributed by atoms with van der Waals surface area (Å²) >= 11 is 1.80. The minimum absolute atomic E-state index is 0.164. The van der Waals surface area contributed by atoms with Gasteiger partial charge in [0.15, 0.2) is 5.96 Å². The summed E-state index contributed by atoms with van der Waals surface area (Å²) in [5.41, 5.74) is 0.164. The third kappa shape index (κ3) is 7.85. The van der Waals surface area contributed by atoms with Gasteiger partial charge < -0.3 is 16.0 Å². The van der Waals surface area contributed by atoms with Crippen molar-refractivity contribution in [2.24, 2.45) is 4.99 Å². The molecule has 19 heavy (non-hydrogen) atoms. The summed E-state index contributed by atoms with van der Waals surface area (Å²) in [5, 5.41) is 12.2. The van der Waals surface area contributed by atoms with Gasteiger partial charge in [-0.15, -0.1) is 11.3 Å². The zero-order valence-corrected chi connectivity index (χ0v) is 13.2.